The van der Waals surface area contributed by atoms with Crippen LogP contribution >= 0.6 is 11.3 Å². The Bertz CT molecular complexity index is 516. The predicted molar refractivity (Wildman–Crippen MR) is 74.1 cm³/mol. The molecule has 0 spiro atoms. The maximum atomic E-state index is 9.78. The normalized spacial score (nSPS) is 12.6. The highest BCUT2D eigenvalue weighted by Crippen LogP contribution is 2.32. The van der Waals surface area contributed by atoms with E-state index < -0.39 is 0 Å². The molecule has 18 heavy (non-hydrogen) atoms. The Morgan fingerprint density at radius 1 is 1.22 bits per heavy atom. The Morgan fingerprint density at radius 2 is 1.89 bits per heavy atom. The second-order valence-corrected chi connectivity index (χ2v) is 5.34. The predicted octanol–water partition coefficient (Wildman–Crippen LogP) is 3.32. The fourth-order valence-corrected chi connectivity index (χ4v) is 2.77. The van der Waals surface area contributed by atoms with E-state index in [1.807, 2.05) is 6.92 Å². The topological polar surface area (TPSA) is 52.5 Å². The molecule has 0 saturated carbocycles. The van der Waals surface area contributed by atoms with Gasteiger partial charge in [0.15, 0.2) is 0 Å². The molecule has 0 aliphatic heterocycles. The van der Waals surface area contributed by atoms with Crippen LogP contribution in [0.2, 0.25) is 0 Å². The van der Waals surface area contributed by atoms with Gasteiger partial charge in [0.2, 0.25) is 0 Å². The quantitative estimate of drug-likeness (QED) is 0.793. The molecule has 0 radical (unpaired) electrons. The molecular weight excluding hydrogens is 246 g/mol. The average molecular weight is 263 g/mol. The van der Waals surface area contributed by atoms with Gasteiger partial charge in [-0.05, 0) is 43.0 Å². The number of aryl methyl sites for hydroxylation is 1. The molecular formula is C14H17NO2S. The monoisotopic (exact) mass is 263 g/mol. The average Bonchev–Trinajstić information content (AvgIpc) is 2.72. The number of rotatable bonds is 4. The molecule has 3 N–H and O–H groups in total. The van der Waals surface area contributed by atoms with E-state index in [-0.39, 0.29) is 17.5 Å². The highest BCUT2D eigenvalue weighted by atomic mass is 32.1. The van der Waals surface area contributed by atoms with Crippen LogP contribution < -0.4 is 5.32 Å². The van der Waals surface area contributed by atoms with E-state index in [0.29, 0.717) is 5.56 Å². The number of aromatic hydroxyl groups is 2. The van der Waals surface area contributed by atoms with Crippen molar-refractivity contribution < 1.29 is 10.2 Å². The molecule has 0 aliphatic carbocycles. The van der Waals surface area contributed by atoms with Gasteiger partial charge in [-0.25, -0.2) is 0 Å². The highest BCUT2D eigenvalue weighted by Gasteiger charge is 2.14. The van der Waals surface area contributed by atoms with Crippen LogP contribution in [0.5, 0.6) is 11.5 Å². The minimum atomic E-state index is -0.104. The molecule has 1 atom stereocenters. The third-order valence-electron chi connectivity index (χ3n) is 3.03. The second-order valence-electron chi connectivity index (χ2n) is 4.34. The van der Waals surface area contributed by atoms with Gasteiger partial charge in [-0.1, -0.05) is 6.07 Å². The Hall–Kier alpha value is -1.52. The van der Waals surface area contributed by atoms with E-state index >= 15 is 0 Å². The molecule has 1 aromatic carbocycles. The van der Waals surface area contributed by atoms with Gasteiger partial charge in [0.25, 0.3) is 0 Å². The van der Waals surface area contributed by atoms with Gasteiger partial charge in [0.1, 0.15) is 11.5 Å². The van der Waals surface area contributed by atoms with Crippen molar-refractivity contribution in [3.63, 3.8) is 0 Å². The standard InChI is InChI=1S/C14H17NO2S/c1-9-6-7-18-13(9)8-15-10(2)14-11(16)4-3-5-12(14)17/h3-7,10,15-17H,8H2,1-2H3. The Balaban J connectivity index is 2.08. The maximum Gasteiger partial charge on any atom is 0.124 e. The fraction of sp³-hybridized carbons (Fsp3) is 0.286. The molecule has 1 heterocycles. The van der Waals surface area contributed by atoms with Crippen LogP contribution in [-0.4, -0.2) is 10.2 Å². The SMILES string of the molecule is Cc1ccsc1CNC(C)c1c(O)cccc1O. The number of benzene rings is 1. The van der Waals surface area contributed by atoms with Crippen molar-refractivity contribution >= 4 is 11.3 Å². The second kappa shape index (κ2) is 5.42. The molecule has 1 unspecified atom stereocenters. The number of nitrogens with one attached hydrogen (secondary N) is 1. The van der Waals surface area contributed by atoms with Crippen LogP contribution in [0, 0.1) is 6.92 Å². The van der Waals surface area contributed by atoms with Gasteiger partial charge in [0, 0.05) is 17.5 Å². The fourth-order valence-electron chi connectivity index (χ4n) is 1.92. The smallest absolute Gasteiger partial charge is 0.124 e. The molecule has 0 aliphatic rings. The number of phenolic OH excluding ortho intramolecular Hbond substituents is 2. The summed E-state index contributed by atoms with van der Waals surface area (Å²) in [6.45, 7) is 4.74. The van der Waals surface area contributed by atoms with E-state index in [9.17, 15) is 10.2 Å². The number of hydrogen-bond donors (Lipinski definition) is 3. The lowest BCUT2D eigenvalue weighted by Crippen LogP contribution is -2.18. The van der Waals surface area contributed by atoms with Crippen molar-refractivity contribution in [3.05, 3.63) is 45.6 Å². The molecule has 3 nitrogen and oxygen atoms in total. The summed E-state index contributed by atoms with van der Waals surface area (Å²) < 4.78 is 0. The van der Waals surface area contributed by atoms with Crippen molar-refractivity contribution in [2.75, 3.05) is 0 Å². The van der Waals surface area contributed by atoms with E-state index in [0.717, 1.165) is 6.54 Å². The number of hydrogen-bond acceptors (Lipinski definition) is 4. The third kappa shape index (κ3) is 2.66. The Labute approximate surface area is 111 Å². The zero-order chi connectivity index (χ0) is 13.1. The van der Waals surface area contributed by atoms with E-state index in [2.05, 4.69) is 23.7 Å². The minimum absolute atomic E-state index is 0.104. The van der Waals surface area contributed by atoms with Crippen LogP contribution in [0.3, 0.4) is 0 Å². The van der Waals surface area contributed by atoms with Gasteiger partial charge >= 0.3 is 0 Å². The summed E-state index contributed by atoms with van der Waals surface area (Å²) in [5.41, 5.74) is 1.81. The summed E-state index contributed by atoms with van der Waals surface area (Å²) in [5.74, 6) is 0.246. The van der Waals surface area contributed by atoms with Crippen LogP contribution in [0.15, 0.2) is 29.6 Å². The lowest BCUT2D eigenvalue weighted by atomic mass is 10.1. The first-order valence-electron chi connectivity index (χ1n) is 5.86. The molecule has 0 bridgehead atoms. The molecule has 0 amide bonds. The molecule has 0 fully saturated rings. The first-order valence-corrected chi connectivity index (χ1v) is 6.74. The van der Waals surface area contributed by atoms with Crippen molar-refractivity contribution in [2.45, 2.75) is 26.4 Å². The summed E-state index contributed by atoms with van der Waals surface area (Å²) in [6.07, 6.45) is 0. The summed E-state index contributed by atoms with van der Waals surface area (Å²) >= 11 is 1.71. The molecule has 96 valence electrons. The zero-order valence-corrected chi connectivity index (χ0v) is 11.3. The largest absolute Gasteiger partial charge is 0.507 e. The molecule has 4 heteroatoms. The van der Waals surface area contributed by atoms with Gasteiger partial charge in [-0.15, -0.1) is 11.3 Å². The first kappa shape index (κ1) is 12.9. The number of phenols is 2. The van der Waals surface area contributed by atoms with Crippen LogP contribution in [0.25, 0.3) is 0 Å². The van der Waals surface area contributed by atoms with Gasteiger partial charge in [0.05, 0.1) is 5.56 Å². The van der Waals surface area contributed by atoms with E-state index in [1.165, 1.54) is 10.4 Å². The van der Waals surface area contributed by atoms with E-state index in [4.69, 9.17) is 0 Å². The van der Waals surface area contributed by atoms with Gasteiger partial charge < -0.3 is 15.5 Å². The van der Waals surface area contributed by atoms with Crippen molar-refractivity contribution in [1.82, 2.24) is 5.32 Å². The molecule has 2 aromatic rings. The Kier molecular flexibility index (Phi) is 3.89. The van der Waals surface area contributed by atoms with Gasteiger partial charge in [-0.2, -0.15) is 0 Å². The Morgan fingerprint density at radius 3 is 2.44 bits per heavy atom. The molecule has 2 rings (SSSR count). The summed E-state index contributed by atoms with van der Waals surface area (Å²) in [7, 11) is 0. The zero-order valence-electron chi connectivity index (χ0n) is 10.5. The number of thiophene rings is 1. The first-order chi connectivity index (χ1) is 8.59. The van der Waals surface area contributed by atoms with E-state index in [1.54, 1.807) is 29.5 Å². The lowest BCUT2D eigenvalue weighted by molar-refractivity contribution is 0.418. The third-order valence-corrected chi connectivity index (χ3v) is 4.05. The summed E-state index contributed by atoms with van der Waals surface area (Å²) in [6, 6.07) is 6.79. The van der Waals surface area contributed by atoms with Crippen LogP contribution in [0.4, 0.5) is 0 Å². The molecule has 0 saturated heterocycles. The van der Waals surface area contributed by atoms with Gasteiger partial charge in [-0.3, -0.25) is 0 Å². The maximum absolute atomic E-state index is 9.78. The van der Waals surface area contributed by atoms with Crippen molar-refractivity contribution in [3.8, 4) is 11.5 Å². The van der Waals surface area contributed by atoms with Crippen LogP contribution in [0.1, 0.15) is 29.0 Å². The van der Waals surface area contributed by atoms with Crippen molar-refractivity contribution in [2.24, 2.45) is 0 Å². The van der Waals surface area contributed by atoms with Crippen LogP contribution in [-0.2, 0) is 6.54 Å². The minimum Gasteiger partial charge on any atom is -0.507 e. The highest BCUT2D eigenvalue weighted by molar-refractivity contribution is 7.10. The lowest BCUT2D eigenvalue weighted by Gasteiger charge is -2.16. The summed E-state index contributed by atoms with van der Waals surface area (Å²) in [4.78, 5) is 1.27. The van der Waals surface area contributed by atoms with Crippen molar-refractivity contribution in [1.29, 1.82) is 0 Å². The molecule has 1 aromatic heterocycles. The summed E-state index contributed by atoms with van der Waals surface area (Å²) in [5, 5.41) is 24.9.